The van der Waals surface area contributed by atoms with Crippen LogP contribution in [0.1, 0.15) is 52.9 Å². The first-order chi connectivity index (χ1) is 7.54. The Labute approximate surface area is 98.7 Å². The molecule has 0 spiro atoms. The summed E-state index contributed by atoms with van der Waals surface area (Å²) >= 11 is 0. The molecule has 0 radical (unpaired) electrons. The largest absolute Gasteiger partial charge is 0.380 e. The summed E-state index contributed by atoms with van der Waals surface area (Å²) in [6.07, 6.45) is 5.33. The first-order valence-corrected chi connectivity index (χ1v) is 6.65. The van der Waals surface area contributed by atoms with Gasteiger partial charge < -0.3 is 4.74 Å². The molecule has 0 unspecified atom stereocenters. The summed E-state index contributed by atoms with van der Waals surface area (Å²) in [6.45, 7) is 8.16. The average molecular weight is 224 g/mol. The predicted molar refractivity (Wildman–Crippen MR) is 64.3 cm³/mol. The van der Waals surface area contributed by atoms with Crippen LogP contribution in [0.25, 0.3) is 0 Å². The van der Waals surface area contributed by atoms with Crippen molar-refractivity contribution in [2.24, 2.45) is 16.7 Å². The number of ether oxygens (including phenoxy) is 1. The highest BCUT2D eigenvalue weighted by Gasteiger charge is 2.64. The van der Waals surface area contributed by atoms with E-state index < -0.39 is 0 Å². The Morgan fingerprint density at radius 3 is 2.69 bits per heavy atom. The van der Waals surface area contributed by atoms with Crippen molar-refractivity contribution in [2.75, 3.05) is 13.2 Å². The van der Waals surface area contributed by atoms with Crippen LogP contribution in [0.4, 0.5) is 0 Å². The van der Waals surface area contributed by atoms with Crippen LogP contribution in [0.15, 0.2) is 0 Å². The summed E-state index contributed by atoms with van der Waals surface area (Å²) in [4.78, 5) is 12.2. The molecule has 2 aliphatic rings. The minimum absolute atomic E-state index is 0.147. The van der Waals surface area contributed by atoms with E-state index in [9.17, 15) is 4.79 Å². The van der Waals surface area contributed by atoms with E-state index in [0.29, 0.717) is 18.3 Å². The summed E-state index contributed by atoms with van der Waals surface area (Å²) in [5.41, 5.74) is 0.0156. The second-order valence-corrected chi connectivity index (χ2v) is 6.07. The molecule has 2 aliphatic carbocycles. The average Bonchev–Trinajstić information content (AvgIpc) is 2.58. The van der Waals surface area contributed by atoms with Crippen LogP contribution in [0.3, 0.4) is 0 Å². The third kappa shape index (κ3) is 1.54. The third-order valence-electron chi connectivity index (χ3n) is 5.13. The maximum Gasteiger partial charge on any atom is 0.142 e. The summed E-state index contributed by atoms with van der Waals surface area (Å²) in [5, 5.41) is 0. The second-order valence-electron chi connectivity index (χ2n) is 6.07. The number of fused-ring (bicyclic) bond motifs is 2. The van der Waals surface area contributed by atoms with E-state index in [1.165, 1.54) is 6.42 Å². The summed E-state index contributed by atoms with van der Waals surface area (Å²) in [5.74, 6) is 1.07. The van der Waals surface area contributed by atoms with Crippen molar-refractivity contribution in [3.05, 3.63) is 0 Å². The van der Waals surface area contributed by atoms with E-state index in [2.05, 4.69) is 20.8 Å². The van der Waals surface area contributed by atoms with Crippen molar-refractivity contribution in [3.63, 3.8) is 0 Å². The lowest BCUT2D eigenvalue weighted by Gasteiger charge is -2.36. The number of unbranched alkanes of at least 4 members (excludes halogenated alkanes) is 1. The highest BCUT2D eigenvalue weighted by molar-refractivity contribution is 5.89. The van der Waals surface area contributed by atoms with E-state index in [1.54, 1.807) is 0 Å². The summed E-state index contributed by atoms with van der Waals surface area (Å²) < 4.78 is 5.76. The molecule has 2 fully saturated rings. The quantitative estimate of drug-likeness (QED) is 0.670. The summed E-state index contributed by atoms with van der Waals surface area (Å²) in [7, 11) is 0. The third-order valence-corrected chi connectivity index (χ3v) is 5.13. The molecule has 0 aromatic rings. The number of hydrogen-bond acceptors (Lipinski definition) is 2. The Hall–Kier alpha value is -0.370. The molecule has 0 saturated heterocycles. The number of rotatable bonds is 5. The van der Waals surface area contributed by atoms with Crippen molar-refractivity contribution in [1.82, 2.24) is 0 Å². The SMILES string of the molecule is CCCCOC[C@]12CC[C@H](CC1=O)C2(C)C. The van der Waals surface area contributed by atoms with Gasteiger partial charge in [-0.2, -0.15) is 0 Å². The zero-order valence-electron chi connectivity index (χ0n) is 10.8. The number of Topliss-reactive ketones (excluding diaryl/α,β-unsaturated/α-hetero) is 1. The molecule has 2 rings (SSSR count). The lowest BCUT2D eigenvalue weighted by Crippen LogP contribution is -2.40. The van der Waals surface area contributed by atoms with Crippen LogP contribution in [0, 0.1) is 16.7 Å². The minimum Gasteiger partial charge on any atom is -0.380 e. The van der Waals surface area contributed by atoms with Gasteiger partial charge in [0.05, 0.1) is 12.0 Å². The Balaban J connectivity index is 2.01. The highest BCUT2D eigenvalue weighted by atomic mass is 16.5. The molecule has 0 aromatic heterocycles. The van der Waals surface area contributed by atoms with Gasteiger partial charge >= 0.3 is 0 Å². The first-order valence-electron chi connectivity index (χ1n) is 6.65. The molecule has 2 atom stereocenters. The van der Waals surface area contributed by atoms with Crippen LogP contribution < -0.4 is 0 Å². The Bertz CT molecular complexity index is 282. The van der Waals surface area contributed by atoms with Gasteiger partial charge in [-0.1, -0.05) is 27.2 Å². The molecule has 2 bridgehead atoms. The van der Waals surface area contributed by atoms with Crippen molar-refractivity contribution < 1.29 is 9.53 Å². The Kier molecular flexibility index (Phi) is 3.13. The molecule has 0 aromatic carbocycles. The van der Waals surface area contributed by atoms with E-state index in [4.69, 9.17) is 4.74 Å². The zero-order valence-corrected chi connectivity index (χ0v) is 10.8. The molecular weight excluding hydrogens is 200 g/mol. The van der Waals surface area contributed by atoms with Gasteiger partial charge in [0, 0.05) is 13.0 Å². The molecule has 2 nitrogen and oxygen atoms in total. The topological polar surface area (TPSA) is 26.3 Å². The fourth-order valence-electron chi connectivity index (χ4n) is 3.60. The fourth-order valence-corrected chi connectivity index (χ4v) is 3.60. The lowest BCUT2D eigenvalue weighted by molar-refractivity contribution is -0.134. The van der Waals surface area contributed by atoms with Crippen molar-refractivity contribution in [2.45, 2.75) is 52.9 Å². The second kappa shape index (κ2) is 4.14. The standard InChI is InChI=1S/C14H24O2/c1-4-5-8-16-10-14-7-6-11(9-12(14)15)13(14,2)3/h11H,4-10H2,1-3H3/t11-,14-/m1/s1. The number of ketones is 1. The molecule has 0 amide bonds. The van der Waals surface area contributed by atoms with E-state index in [0.717, 1.165) is 32.3 Å². The zero-order chi connectivity index (χ0) is 11.8. The number of carbonyl (C=O) groups excluding carboxylic acids is 1. The van der Waals surface area contributed by atoms with Crippen LogP contribution in [-0.4, -0.2) is 19.0 Å². The number of carbonyl (C=O) groups is 1. The molecule has 16 heavy (non-hydrogen) atoms. The maximum atomic E-state index is 12.2. The predicted octanol–water partition coefficient (Wildman–Crippen LogP) is 3.20. The van der Waals surface area contributed by atoms with Gasteiger partial charge in [-0.25, -0.2) is 0 Å². The van der Waals surface area contributed by atoms with Gasteiger partial charge in [-0.3, -0.25) is 4.79 Å². The Morgan fingerprint density at radius 1 is 1.44 bits per heavy atom. The van der Waals surface area contributed by atoms with Crippen molar-refractivity contribution in [3.8, 4) is 0 Å². The van der Waals surface area contributed by atoms with Gasteiger partial charge in [0.1, 0.15) is 5.78 Å². The molecular formula is C14H24O2. The highest BCUT2D eigenvalue weighted by Crippen LogP contribution is 2.63. The molecule has 2 saturated carbocycles. The van der Waals surface area contributed by atoms with Gasteiger partial charge in [-0.05, 0) is 30.6 Å². The van der Waals surface area contributed by atoms with E-state index in [-0.39, 0.29) is 10.8 Å². The monoisotopic (exact) mass is 224 g/mol. The molecule has 0 heterocycles. The van der Waals surface area contributed by atoms with Crippen LogP contribution in [-0.2, 0) is 9.53 Å². The molecule has 2 heteroatoms. The first kappa shape index (κ1) is 12.1. The number of hydrogen-bond donors (Lipinski definition) is 0. The van der Waals surface area contributed by atoms with E-state index >= 15 is 0 Å². The summed E-state index contributed by atoms with van der Waals surface area (Å²) in [6, 6.07) is 0. The Morgan fingerprint density at radius 2 is 2.19 bits per heavy atom. The van der Waals surface area contributed by atoms with Crippen LogP contribution in [0.5, 0.6) is 0 Å². The van der Waals surface area contributed by atoms with Gasteiger partial charge in [0.15, 0.2) is 0 Å². The lowest BCUT2D eigenvalue weighted by atomic mass is 9.69. The fraction of sp³-hybridized carbons (Fsp3) is 0.929. The molecule has 92 valence electrons. The normalized spacial score (nSPS) is 35.9. The van der Waals surface area contributed by atoms with Crippen molar-refractivity contribution in [1.29, 1.82) is 0 Å². The van der Waals surface area contributed by atoms with Crippen molar-refractivity contribution >= 4 is 5.78 Å². The van der Waals surface area contributed by atoms with E-state index in [1.807, 2.05) is 0 Å². The maximum absolute atomic E-state index is 12.2. The smallest absolute Gasteiger partial charge is 0.142 e. The molecule has 0 N–H and O–H groups in total. The van der Waals surface area contributed by atoms with Gasteiger partial charge in [0.2, 0.25) is 0 Å². The van der Waals surface area contributed by atoms with Gasteiger partial charge in [0.25, 0.3) is 0 Å². The minimum atomic E-state index is -0.147. The van der Waals surface area contributed by atoms with Crippen LogP contribution >= 0.6 is 0 Å². The molecule has 0 aliphatic heterocycles. The van der Waals surface area contributed by atoms with Crippen LogP contribution in [0.2, 0.25) is 0 Å². The van der Waals surface area contributed by atoms with Gasteiger partial charge in [-0.15, -0.1) is 0 Å².